The van der Waals surface area contributed by atoms with E-state index in [1.165, 1.54) is 0 Å². The lowest BCUT2D eigenvalue weighted by Gasteiger charge is -2.22. The molecule has 4 heteroatoms. The van der Waals surface area contributed by atoms with E-state index in [0.29, 0.717) is 0 Å². The molecule has 76 valence electrons. The van der Waals surface area contributed by atoms with E-state index in [2.05, 4.69) is 15.9 Å². The Morgan fingerprint density at radius 1 is 1.50 bits per heavy atom. The second-order valence-electron chi connectivity index (χ2n) is 3.49. The third-order valence-electron chi connectivity index (χ3n) is 2.02. The SMILES string of the molecule is C[C@@](N)(CC(=O)O)c1ccc(Br)cc1. The molecule has 3 nitrogen and oxygen atoms in total. The van der Waals surface area contributed by atoms with E-state index in [-0.39, 0.29) is 6.42 Å². The van der Waals surface area contributed by atoms with E-state index in [1.54, 1.807) is 6.92 Å². The van der Waals surface area contributed by atoms with Crippen LogP contribution in [0.25, 0.3) is 0 Å². The summed E-state index contributed by atoms with van der Waals surface area (Å²) < 4.78 is 0.951. The lowest BCUT2D eigenvalue weighted by atomic mass is 9.90. The summed E-state index contributed by atoms with van der Waals surface area (Å²) in [5.74, 6) is -0.891. The predicted molar refractivity (Wildman–Crippen MR) is 57.9 cm³/mol. The number of aliphatic carboxylic acids is 1. The van der Waals surface area contributed by atoms with Crippen molar-refractivity contribution in [3.63, 3.8) is 0 Å². The molecular formula is C10H12BrNO2. The van der Waals surface area contributed by atoms with Crippen molar-refractivity contribution in [2.75, 3.05) is 0 Å². The first-order chi connectivity index (χ1) is 6.42. The molecule has 1 atom stereocenters. The second-order valence-corrected chi connectivity index (χ2v) is 4.41. The number of carboxylic acids is 1. The molecular weight excluding hydrogens is 246 g/mol. The summed E-state index contributed by atoms with van der Waals surface area (Å²) in [6.45, 7) is 1.71. The molecule has 0 saturated heterocycles. The van der Waals surface area contributed by atoms with Gasteiger partial charge in [0.2, 0.25) is 0 Å². The van der Waals surface area contributed by atoms with E-state index >= 15 is 0 Å². The van der Waals surface area contributed by atoms with Gasteiger partial charge in [0, 0.05) is 10.0 Å². The number of benzene rings is 1. The van der Waals surface area contributed by atoms with Gasteiger partial charge in [-0.05, 0) is 24.6 Å². The fraction of sp³-hybridized carbons (Fsp3) is 0.300. The minimum atomic E-state index is -0.891. The fourth-order valence-electron chi connectivity index (χ4n) is 1.25. The Bertz CT molecular complexity index is 332. The monoisotopic (exact) mass is 257 g/mol. The van der Waals surface area contributed by atoms with Gasteiger partial charge in [0.1, 0.15) is 0 Å². The lowest BCUT2D eigenvalue weighted by Crippen LogP contribution is -2.35. The minimum absolute atomic E-state index is 0.0748. The molecule has 0 radical (unpaired) electrons. The molecule has 0 saturated carbocycles. The maximum Gasteiger partial charge on any atom is 0.305 e. The van der Waals surface area contributed by atoms with Crippen LogP contribution in [0.2, 0.25) is 0 Å². The number of carbonyl (C=O) groups is 1. The van der Waals surface area contributed by atoms with E-state index in [0.717, 1.165) is 10.0 Å². The highest BCUT2D eigenvalue weighted by Gasteiger charge is 2.24. The van der Waals surface area contributed by atoms with Gasteiger partial charge >= 0.3 is 5.97 Å². The van der Waals surface area contributed by atoms with Crippen molar-refractivity contribution in [3.05, 3.63) is 34.3 Å². The summed E-state index contributed by atoms with van der Waals surface area (Å²) in [6, 6.07) is 7.35. The number of hydrogen-bond donors (Lipinski definition) is 2. The molecule has 0 fully saturated rings. The molecule has 1 aromatic carbocycles. The zero-order chi connectivity index (χ0) is 10.8. The number of hydrogen-bond acceptors (Lipinski definition) is 2. The molecule has 14 heavy (non-hydrogen) atoms. The third kappa shape index (κ3) is 2.82. The van der Waals surface area contributed by atoms with Gasteiger partial charge < -0.3 is 10.8 Å². The van der Waals surface area contributed by atoms with Gasteiger partial charge in [-0.3, -0.25) is 4.79 Å². The van der Waals surface area contributed by atoms with Crippen LogP contribution >= 0.6 is 15.9 Å². The van der Waals surface area contributed by atoms with Crippen molar-refractivity contribution >= 4 is 21.9 Å². The van der Waals surface area contributed by atoms with Gasteiger partial charge in [0.15, 0.2) is 0 Å². The van der Waals surface area contributed by atoms with Gasteiger partial charge in [-0.25, -0.2) is 0 Å². The van der Waals surface area contributed by atoms with Crippen molar-refractivity contribution in [1.29, 1.82) is 0 Å². The standard InChI is InChI=1S/C10H12BrNO2/c1-10(12,6-9(13)14)7-2-4-8(11)5-3-7/h2-5H,6,12H2,1H3,(H,13,14)/t10-/m1/s1. The topological polar surface area (TPSA) is 63.3 Å². The molecule has 0 unspecified atom stereocenters. The Morgan fingerprint density at radius 3 is 2.43 bits per heavy atom. The molecule has 0 heterocycles. The zero-order valence-electron chi connectivity index (χ0n) is 7.83. The molecule has 0 bridgehead atoms. The van der Waals surface area contributed by atoms with Crippen LogP contribution < -0.4 is 5.73 Å². The van der Waals surface area contributed by atoms with Crippen LogP contribution in [0.15, 0.2) is 28.7 Å². The first kappa shape index (κ1) is 11.2. The van der Waals surface area contributed by atoms with E-state index < -0.39 is 11.5 Å². The highest BCUT2D eigenvalue weighted by Crippen LogP contribution is 2.23. The van der Waals surface area contributed by atoms with Crippen LogP contribution in [0.3, 0.4) is 0 Å². The summed E-state index contributed by atoms with van der Waals surface area (Å²) in [7, 11) is 0. The average Bonchev–Trinajstić information content (AvgIpc) is 2.02. The molecule has 1 rings (SSSR count). The zero-order valence-corrected chi connectivity index (χ0v) is 9.41. The Balaban J connectivity index is 2.91. The first-order valence-electron chi connectivity index (χ1n) is 4.18. The first-order valence-corrected chi connectivity index (χ1v) is 4.98. The smallest absolute Gasteiger partial charge is 0.305 e. The quantitative estimate of drug-likeness (QED) is 0.872. The van der Waals surface area contributed by atoms with Crippen LogP contribution in [0, 0.1) is 0 Å². The summed E-state index contributed by atoms with van der Waals surface area (Å²) in [5.41, 5.74) is 5.90. The molecule has 1 aromatic rings. The van der Waals surface area contributed by atoms with Crippen LogP contribution in [-0.2, 0) is 10.3 Å². The predicted octanol–water partition coefficient (Wildman–Crippen LogP) is 2.10. The number of nitrogens with two attached hydrogens (primary N) is 1. The van der Waals surface area contributed by atoms with Gasteiger partial charge in [0.05, 0.1) is 6.42 Å². The van der Waals surface area contributed by atoms with E-state index in [4.69, 9.17) is 10.8 Å². The molecule has 3 N–H and O–H groups in total. The number of carboxylic acid groups (broad SMARTS) is 1. The van der Waals surface area contributed by atoms with Crippen molar-refractivity contribution in [2.45, 2.75) is 18.9 Å². The van der Waals surface area contributed by atoms with Crippen LogP contribution in [0.5, 0.6) is 0 Å². The molecule has 0 aliphatic heterocycles. The summed E-state index contributed by atoms with van der Waals surface area (Å²) in [5, 5.41) is 8.68. The number of halogens is 1. The van der Waals surface area contributed by atoms with E-state index in [9.17, 15) is 4.79 Å². The largest absolute Gasteiger partial charge is 0.481 e. The highest BCUT2D eigenvalue weighted by atomic mass is 79.9. The van der Waals surface area contributed by atoms with Gasteiger partial charge in [0.25, 0.3) is 0 Å². The van der Waals surface area contributed by atoms with Gasteiger partial charge in [-0.15, -0.1) is 0 Å². The average molecular weight is 258 g/mol. The molecule has 0 spiro atoms. The van der Waals surface area contributed by atoms with Crippen molar-refractivity contribution < 1.29 is 9.90 Å². The van der Waals surface area contributed by atoms with Crippen LogP contribution in [0.1, 0.15) is 18.9 Å². The molecule has 0 aromatic heterocycles. The maximum atomic E-state index is 10.6. The fourth-order valence-corrected chi connectivity index (χ4v) is 1.51. The molecule has 0 aliphatic rings. The summed E-state index contributed by atoms with van der Waals surface area (Å²) >= 11 is 3.31. The van der Waals surface area contributed by atoms with Gasteiger partial charge in [-0.2, -0.15) is 0 Å². The van der Waals surface area contributed by atoms with Crippen molar-refractivity contribution in [3.8, 4) is 0 Å². The van der Waals surface area contributed by atoms with Crippen LogP contribution in [0.4, 0.5) is 0 Å². The van der Waals surface area contributed by atoms with Crippen molar-refractivity contribution in [2.24, 2.45) is 5.73 Å². The third-order valence-corrected chi connectivity index (χ3v) is 2.55. The maximum absolute atomic E-state index is 10.6. The Labute approximate surface area is 91.1 Å². The Kier molecular flexibility index (Phi) is 3.29. The van der Waals surface area contributed by atoms with Crippen LogP contribution in [-0.4, -0.2) is 11.1 Å². The number of rotatable bonds is 3. The lowest BCUT2D eigenvalue weighted by molar-refractivity contribution is -0.138. The van der Waals surface area contributed by atoms with Gasteiger partial charge in [-0.1, -0.05) is 28.1 Å². The summed E-state index contributed by atoms with van der Waals surface area (Å²) in [4.78, 5) is 10.6. The molecule has 0 amide bonds. The van der Waals surface area contributed by atoms with E-state index in [1.807, 2.05) is 24.3 Å². The minimum Gasteiger partial charge on any atom is -0.481 e. The molecule has 0 aliphatic carbocycles. The Morgan fingerprint density at radius 2 is 2.00 bits per heavy atom. The normalized spacial score (nSPS) is 14.8. The van der Waals surface area contributed by atoms with Crippen molar-refractivity contribution in [1.82, 2.24) is 0 Å². The second kappa shape index (κ2) is 4.11. The highest BCUT2D eigenvalue weighted by molar-refractivity contribution is 9.10. The Hall–Kier alpha value is -0.870. The summed E-state index contributed by atoms with van der Waals surface area (Å²) in [6.07, 6.45) is -0.0748.